The van der Waals surface area contributed by atoms with E-state index in [1.807, 2.05) is 11.8 Å². The van der Waals surface area contributed by atoms with E-state index in [1.165, 1.54) is 32.1 Å². The predicted molar refractivity (Wildman–Crippen MR) is 80.4 cm³/mol. The topological polar surface area (TPSA) is 29.9 Å². The number of aromatic nitrogens is 2. The summed E-state index contributed by atoms with van der Waals surface area (Å²) >= 11 is 1.94. The number of imidazole rings is 1. The van der Waals surface area contributed by atoms with E-state index in [2.05, 4.69) is 41.2 Å². The number of thioether (sulfide) groups is 1. The van der Waals surface area contributed by atoms with Crippen LogP contribution in [-0.4, -0.2) is 27.1 Å². The number of aryl methyl sites for hydroxylation is 2. The zero-order chi connectivity index (χ0) is 13.0. The van der Waals surface area contributed by atoms with Crippen LogP contribution in [0, 0.1) is 6.92 Å². The van der Waals surface area contributed by atoms with Crippen LogP contribution in [0.2, 0.25) is 0 Å². The maximum Gasteiger partial charge on any atom is 0.203 e. The third-order valence-electron chi connectivity index (χ3n) is 3.76. The lowest BCUT2D eigenvalue weighted by Gasteiger charge is -2.15. The van der Waals surface area contributed by atoms with Gasteiger partial charge in [0.2, 0.25) is 5.95 Å². The molecule has 0 saturated heterocycles. The van der Waals surface area contributed by atoms with E-state index in [-0.39, 0.29) is 0 Å². The fourth-order valence-electron chi connectivity index (χ4n) is 2.52. The lowest BCUT2D eigenvalue weighted by Crippen LogP contribution is -2.18. The molecule has 1 unspecified atom stereocenters. The van der Waals surface area contributed by atoms with Gasteiger partial charge in [0.05, 0.1) is 5.69 Å². The molecule has 1 heterocycles. The van der Waals surface area contributed by atoms with E-state index >= 15 is 0 Å². The molecule has 0 radical (unpaired) electrons. The van der Waals surface area contributed by atoms with Crippen LogP contribution in [0.5, 0.6) is 0 Å². The Labute approximate surface area is 115 Å². The molecule has 0 aromatic carbocycles. The van der Waals surface area contributed by atoms with Gasteiger partial charge in [0.1, 0.15) is 0 Å². The van der Waals surface area contributed by atoms with Crippen LogP contribution >= 0.6 is 11.8 Å². The van der Waals surface area contributed by atoms with Crippen molar-refractivity contribution in [3.8, 4) is 0 Å². The minimum atomic E-state index is 0.642. The summed E-state index contributed by atoms with van der Waals surface area (Å²) in [6.45, 7) is 5.44. The smallest absolute Gasteiger partial charge is 0.203 e. The van der Waals surface area contributed by atoms with Gasteiger partial charge in [-0.1, -0.05) is 19.8 Å². The summed E-state index contributed by atoms with van der Waals surface area (Å²) < 4.78 is 2.29. The first-order valence-electron chi connectivity index (χ1n) is 7.02. The van der Waals surface area contributed by atoms with Crippen LogP contribution in [0.4, 0.5) is 5.95 Å². The molecule has 1 fully saturated rings. The molecule has 1 N–H and O–H groups in total. The quantitative estimate of drug-likeness (QED) is 0.852. The normalized spacial score (nSPS) is 18.2. The zero-order valence-corrected chi connectivity index (χ0v) is 12.6. The Bertz CT molecular complexity index is 369. The van der Waals surface area contributed by atoms with Gasteiger partial charge in [0.25, 0.3) is 0 Å². The van der Waals surface area contributed by atoms with Crippen LogP contribution in [0.25, 0.3) is 0 Å². The number of anilines is 1. The van der Waals surface area contributed by atoms with Crippen LogP contribution in [-0.2, 0) is 6.54 Å². The van der Waals surface area contributed by atoms with Gasteiger partial charge in [0, 0.05) is 24.0 Å². The molecule has 3 nitrogen and oxygen atoms in total. The summed E-state index contributed by atoms with van der Waals surface area (Å²) in [7, 11) is 0. The van der Waals surface area contributed by atoms with Gasteiger partial charge in [-0.25, -0.2) is 4.98 Å². The second-order valence-corrected chi connectivity index (χ2v) is 6.64. The highest BCUT2D eigenvalue weighted by atomic mass is 32.2. The molecule has 4 heteroatoms. The van der Waals surface area contributed by atoms with Gasteiger partial charge in [-0.2, -0.15) is 11.8 Å². The molecule has 2 rings (SSSR count). The molecular weight excluding hydrogens is 242 g/mol. The van der Waals surface area contributed by atoms with Crippen molar-refractivity contribution in [1.29, 1.82) is 0 Å². The lowest BCUT2D eigenvalue weighted by molar-refractivity contribution is 0.633. The number of rotatable bonds is 6. The Balaban J connectivity index is 1.95. The van der Waals surface area contributed by atoms with Gasteiger partial charge in [0.15, 0.2) is 0 Å². The standard InChI is InChI=1S/C14H25N3S/c1-11-10-17(9-8-12(2)18-3)14(15-11)16-13-6-4-5-7-13/h10,12-13H,4-9H2,1-3H3,(H,15,16). The second kappa shape index (κ2) is 6.50. The van der Waals surface area contributed by atoms with Crippen molar-refractivity contribution < 1.29 is 0 Å². The Morgan fingerprint density at radius 2 is 2.22 bits per heavy atom. The van der Waals surface area contributed by atoms with Gasteiger partial charge in [-0.05, 0) is 32.4 Å². The molecule has 18 heavy (non-hydrogen) atoms. The van der Waals surface area contributed by atoms with E-state index in [1.54, 1.807) is 0 Å². The third kappa shape index (κ3) is 3.67. The van der Waals surface area contributed by atoms with Crippen LogP contribution < -0.4 is 5.32 Å². The molecule has 1 saturated carbocycles. The molecule has 0 amide bonds. The summed E-state index contributed by atoms with van der Waals surface area (Å²) in [4.78, 5) is 4.62. The minimum absolute atomic E-state index is 0.642. The molecule has 0 aliphatic heterocycles. The number of hydrogen-bond donors (Lipinski definition) is 1. The molecule has 0 bridgehead atoms. The van der Waals surface area contributed by atoms with Crippen LogP contribution in [0.1, 0.15) is 44.7 Å². The highest BCUT2D eigenvalue weighted by Crippen LogP contribution is 2.22. The molecule has 0 spiro atoms. The van der Waals surface area contributed by atoms with E-state index < -0.39 is 0 Å². The van der Waals surface area contributed by atoms with Gasteiger partial charge < -0.3 is 9.88 Å². The summed E-state index contributed by atoms with van der Waals surface area (Å²) in [6.07, 6.45) is 10.9. The highest BCUT2D eigenvalue weighted by molar-refractivity contribution is 7.99. The molecule has 1 atom stereocenters. The molecule has 1 aromatic heterocycles. The first-order chi connectivity index (χ1) is 8.69. The summed E-state index contributed by atoms with van der Waals surface area (Å²) in [5, 5.41) is 4.33. The van der Waals surface area contributed by atoms with Gasteiger partial charge in [-0.3, -0.25) is 0 Å². The predicted octanol–water partition coefficient (Wildman–Crippen LogP) is 3.69. The van der Waals surface area contributed by atoms with E-state index in [9.17, 15) is 0 Å². The Morgan fingerprint density at radius 3 is 2.89 bits per heavy atom. The van der Waals surface area contributed by atoms with Crippen LogP contribution in [0.15, 0.2) is 6.20 Å². The number of nitrogens with one attached hydrogen (secondary N) is 1. The first-order valence-corrected chi connectivity index (χ1v) is 8.31. The number of nitrogens with zero attached hydrogens (tertiary/aromatic N) is 2. The van der Waals surface area contributed by atoms with Gasteiger partial charge >= 0.3 is 0 Å². The monoisotopic (exact) mass is 267 g/mol. The van der Waals surface area contributed by atoms with Crippen molar-refractivity contribution in [2.45, 2.75) is 63.8 Å². The van der Waals surface area contributed by atoms with Crippen molar-refractivity contribution in [3.05, 3.63) is 11.9 Å². The molecule has 1 aliphatic carbocycles. The maximum absolute atomic E-state index is 4.62. The third-order valence-corrected chi connectivity index (χ3v) is 4.80. The average Bonchev–Trinajstić information content (AvgIpc) is 2.97. The fraction of sp³-hybridized carbons (Fsp3) is 0.786. The highest BCUT2D eigenvalue weighted by Gasteiger charge is 2.17. The van der Waals surface area contributed by atoms with Crippen LogP contribution in [0.3, 0.4) is 0 Å². The largest absolute Gasteiger partial charge is 0.353 e. The van der Waals surface area contributed by atoms with E-state index in [4.69, 9.17) is 0 Å². The van der Waals surface area contributed by atoms with E-state index in [0.29, 0.717) is 11.3 Å². The van der Waals surface area contributed by atoms with Crippen molar-refractivity contribution in [1.82, 2.24) is 9.55 Å². The molecule has 1 aromatic rings. The zero-order valence-electron chi connectivity index (χ0n) is 11.8. The fourth-order valence-corrected chi connectivity index (χ4v) is 2.87. The van der Waals surface area contributed by atoms with Crippen molar-refractivity contribution >= 4 is 17.7 Å². The van der Waals surface area contributed by atoms with E-state index in [0.717, 1.165) is 18.2 Å². The lowest BCUT2D eigenvalue weighted by atomic mass is 10.2. The van der Waals surface area contributed by atoms with Crippen molar-refractivity contribution in [3.63, 3.8) is 0 Å². The Hall–Kier alpha value is -0.640. The van der Waals surface area contributed by atoms with Gasteiger partial charge in [-0.15, -0.1) is 0 Å². The van der Waals surface area contributed by atoms with Crippen molar-refractivity contribution in [2.24, 2.45) is 0 Å². The Kier molecular flexibility index (Phi) is 4.98. The minimum Gasteiger partial charge on any atom is -0.353 e. The Morgan fingerprint density at radius 1 is 1.50 bits per heavy atom. The summed E-state index contributed by atoms with van der Waals surface area (Å²) in [5.74, 6) is 1.08. The average molecular weight is 267 g/mol. The number of hydrogen-bond acceptors (Lipinski definition) is 3. The second-order valence-electron chi connectivity index (χ2n) is 5.36. The first kappa shape index (κ1) is 13.8. The molecule has 102 valence electrons. The maximum atomic E-state index is 4.62. The summed E-state index contributed by atoms with van der Waals surface area (Å²) in [5.41, 5.74) is 1.12. The van der Waals surface area contributed by atoms with Crippen molar-refractivity contribution in [2.75, 3.05) is 11.6 Å². The summed E-state index contributed by atoms with van der Waals surface area (Å²) in [6, 6.07) is 0.642. The molecular formula is C14H25N3S. The SMILES string of the molecule is CSC(C)CCn1cc(C)nc1NC1CCCC1. The molecule has 1 aliphatic rings.